The van der Waals surface area contributed by atoms with E-state index in [4.69, 9.17) is 4.74 Å². The Morgan fingerprint density at radius 1 is 1.47 bits per heavy atom. The third-order valence-corrected chi connectivity index (χ3v) is 2.69. The van der Waals surface area contributed by atoms with Gasteiger partial charge in [0.1, 0.15) is 11.8 Å². The summed E-state index contributed by atoms with van der Waals surface area (Å²) in [5, 5.41) is 15.6. The number of nitrogens with zero attached hydrogens (tertiary/aromatic N) is 1. The van der Waals surface area contributed by atoms with E-state index in [2.05, 4.69) is 10.6 Å². The van der Waals surface area contributed by atoms with E-state index in [1.165, 1.54) is 25.3 Å². The predicted octanol–water partition coefficient (Wildman–Crippen LogP) is 0.430. The van der Waals surface area contributed by atoms with Crippen LogP contribution in [0.15, 0.2) is 18.2 Å². The van der Waals surface area contributed by atoms with Crippen molar-refractivity contribution in [3.05, 3.63) is 28.3 Å². The fourth-order valence-electron chi connectivity index (χ4n) is 1.78. The lowest BCUT2D eigenvalue weighted by Crippen LogP contribution is -2.30. The fraction of sp³-hybridized carbons (Fsp3) is 0.273. The second-order valence-electron chi connectivity index (χ2n) is 3.96. The molecule has 2 N–H and O–H groups in total. The third-order valence-electron chi connectivity index (χ3n) is 2.69. The third kappa shape index (κ3) is 2.62. The number of rotatable bonds is 4. The molecule has 100 valence electrons. The van der Waals surface area contributed by atoms with Gasteiger partial charge in [-0.05, 0) is 6.07 Å². The highest BCUT2D eigenvalue weighted by Gasteiger charge is 2.31. The lowest BCUT2D eigenvalue weighted by molar-refractivity contribution is -0.384. The number of hydrogen-bond donors (Lipinski definition) is 2. The van der Waals surface area contributed by atoms with Gasteiger partial charge in [0.05, 0.1) is 24.1 Å². The first-order chi connectivity index (χ1) is 9.01. The first-order valence-electron chi connectivity index (χ1n) is 5.44. The molecule has 8 heteroatoms. The van der Waals surface area contributed by atoms with Crippen LogP contribution in [-0.2, 0) is 9.59 Å². The number of methoxy groups -OCH3 is 1. The largest absolute Gasteiger partial charge is 0.495 e. The van der Waals surface area contributed by atoms with Crippen LogP contribution in [0.1, 0.15) is 6.42 Å². The van der Waals surface area contributed by atoms with Gasteiger partial charge in [-0.25, -0.2) is 0 Å². The van der Waals surface area contributed by atoms with Crippen molar-refractivity contribution in [2.75, 3.05) is 12.4 Å². The van der Waals surface area contributed by atoms with E-state index in [0.29, 0.717) is 11.4 Å². The molecule has 0 spiro atoms. The molecule has 1 saturated heterocycles. The number of anilines is 1. The minimum absolute atomic E-state index is 0.00925. The number of non-ortho nitro benzene ring substituents is 1. The van der Waals surface area contributed by atoms with Gasteiger partial charge in [0.2, 0.25) is 11.8 Å². The van der Waals surface area contributed by atoms with Crippen molar-refractivity contribution in [3.8, 4) is 5.75 Å². The van der Waals surface area contributed by atoms with Crippen LogP contribution in [0.5, 0.6) is 5.75 Å². The van der Waals surface area contributed by atoms with E-state index < -0.39 is 16.9 Å². The van der Waals surface area contributed by atoms with Gasteiger partial charge in [-0.15, -0.1) is 0 Å². The predicted molar refractivity (Wildman–Crippen MR) is 64.8 cm³/mol. The minimum Gasteiger partial charge on any atom is -0.495 e. The number of nitro benzene ring substituents is 1. The van der Waals surface area contributed by atoms with Gasteiger partial charge in [0.25, 0.3) is 5.69 Å². The van der Waals surface area contributed by atoms with Crippen LogP contribution in [0.25, 0.3) is 0 Å². The van der Waals surface area contributed by atoms with E-state index >= 15 is 0 Å². The highest BCUT2D eigenvalue weighted by molar-refractivity contribution is 6.06. The van der Waals surface area contributed by atoms with Gasteiger partial charge in [0, 0.05) is 12.1 Å². The van der Waals surface area contributed by atoms with Crippen molar-refractivity contribution in [3.63, 3.8) is 0 Å². The summed E-state index contributed by atoms with van der Waals surface area (Å²) in [6.07, 6.45) is -0.00925. The number of amides is 2. The molecular weight excluding hydrogens is 254 g/mol. The molecule has 1 heterocycles. The maximum atomic E-state index is 11.4. The normalized spacial score (nSPS) is 18.1. The number of carbonyl (C=O) groups excluding carboxylic acids is 2. The van der Waals surface area contributed by atoms with E-state index in [9.17, 15) is 19.7 Å². The molecule has 0 aliphatic carbocycles. The molecule has 0 bridgehead atoms. The minimum atomic E-state index is -0.747. The Kier molecular flexibility index (Phi) is 3.32. The number of imide groups is 1. The number of carbonyl (C=O) groups is 2. The van der Waals surface area contributed by atoms with Crippen LogP contribution in [0, 0.1) is 10.1 Å². The molecule has 1 aromatic rings. The van der Waals surface area contributed by atoms with Crippen LogP contribution >= 0.6 is 0 Å². The van der Waals surface area contributed by atoms with Crippen LogP contribution in [0.2, 0.25) is 0 Å². The summed E-state index contributed by atoms with van der Waals surface area (Å²) < 4.78 is 5.05. The molecule has 8 nitrogen and oxygen atoms in total. The summed E-state index contributed by atoms with van der Waals surface area (Å²) in [6, 6.07) is 3.23. The summed E-state index contributed by atoms with van der Waals surface area (Å²) in [7, 11) is 1.41. The summed E-state index contributed by atoms with van der Waals surface area (Å²) >= 11 is 0. The van der Waals surface area contributed by atoms with Gasteiger partial charge in [-0.1, -0.05) is 0 Å². The van der Waals surface area contributed by atoms with Gasteiger partial charge in [-0.3, -0.25) is 25.0 Å². The molecule has 0 saturated carbocycles. The molecule has 1 aromatic carbocycles. The number of hydrogen-bond acceptors (Lipinski definition) is 6. The lowest BCUT2D eigenvalue weighted by Gasteiger charge is -2.13. The Balaban J connectivity index is 2.27. The summed E-state index contributed by atoms with van der Waals surface area (Å²) in [5.41, 5.74) is 0.166. The highest BCUT2D eigenvalue weighted by Crippen LogP contribution is 2.30. The van der Waals surface area contributed by atoms with Crippen LogP contribution in [0.4, 0.5) is 11.4 Å². The number of benzene rings is 1. The maximum absolute atomic E-state index is 11.4. The molecule has 0 radical (unpaired) electrons. The smallest absolute Gasteiger partial charge is 0.271 e. The Labute approximate surface area is 107 Å². The average Bonchev–Trinajstić information content (AvgIpc) is 2.67. The molecule has 1 aliphatic heterocycles. The van der Waals surface area contributed by atoms with Crippen LogP contribution < -0.4 is 15.4 Å². The van der Waals surface area contributed by atoms with Crippen molar-refractivity contribution in [1.29, 1.82) is 0 Å². The Morgan fingerprint density at radius 2 is 2.21 bits per heavy atom. The van der Waals surface area contributed by atoms with Gasteiger partial charge >= 0.3 is 0 Å². The zero-order valence-corrected chi connectivity index (χ0v) is 10.0. The SMILES string of the molecule is COc1ccc([N+](=O)[O-])cc1NC1CC(=O)NC1=O. The van der Waals surface area contributed by atoms with Crippen molar-refractivity contribution >= 4 is 23.2 Å². The number of nitro groups is 1. The van der Waals surface area contributed by atoms with Crippen molar-refractivity contribution in [2.45, 2.75) is 12.5 Å². The zero-order chi connectivity index (χ0) is 14.0. The Bertz CT molecular complexity index is 557. The monoisotopic (exact) mass is 265 g/mol. The summed E-state index contributed by atoms with van der Waals surface area (Å²) in [6.45, 7) is 0. The average molecular weight is 265 g/mol. The van der Waals surface area contributed by atoms with E-state index in [1.807, 2.05) is 0 Å². The molecule has 19 heavy (non-hydrogen) atoms. The van der Waals surface area contributed by atoms with Crippen LogP contribution in [-0.4, -0.2) is 29.9 Å². The van der Waals surface area contributed by atoms with E-state index in [1.54, 1.807) is 0 Å². The molecule has 1 aliphatic rings. The van der Waals surface area contributed by atoms with Crippen molar-refractivity contribution in [2.24, 2.45) is 0 Å². The van der Waals surface area contributed by atoms with Gasteiger partial charge < -0.3 is 10.1 Å². The fourth-order valence-corrected chi connectivity index (χ4v) is 1.78. The van der Waals surface area contributed by atoms with Crippen LogP contribution in [0.3, 0.4) is 0 Å². The Morgan fingerprint density at radius 3 is 2.74 bits per heavy atom. The lowest BCUT2D eigenvalue weighted by atomic mass is 10.2. The summed E-state index contributed by atoms with van der Waals surface area (Å²) in [5.74, 6) is -0.483. The zero-order valence-electron chi connectivity index (χ0n) is 10.0. The highest BCUT2D eigenvalue weighted by atomic mass is 16.6. The standard InChI is InChI=1S/C11H11N3O5/c1-19-9-3-2-6(14(17)18)4-7(9)12-8-5-10(15)13-11(8)16/h2-4,8,12H,5H2,1H3,(H,13,15,16). The molecular formula is C11H11N3O5. The van der Waals surface area contributed by atoms with Gasteiger partial charge in [0.15, 0.2) is 0 Å². The van der Waals surface area contributed by atoms with Crippen molar-refractivity contribution < 1.29 is 19.2 Å². The van der Waals surface area contributed by atoms with E-state index in [0.717, 1.165) is 0 Å². The quantitative estimate of drug-likeness (QED) is 0.464. The first kappa shape index (κ1) is 12.8. The molecule has 1 unspecified atom stereocenters. The molecule has 2 amide bonds. The maximum Gasteiger partial charge on any atom is 0.271 e. The number of nitrogens with one attached hydrogen (secondary N) is 2. The van der Waals surface area contributed by atoms with Crippen molar-refractivity contribution in [1.82, 2.24) is 5.32 Å². The summed E-state index contributed by atoms with van der Waals surface area (Å²) in [4.78, 5) is 32.7. The molecule has 0 aromatic heterocycles. The second-order valence-corrected chi connectivity index (χ2v) is 3.96. The topological polar surface area (TPSA) is 111 Å². The Hall–Kier alpha value is -2.64. The molecule has 2 rings (SSSR count). The molecule has 1 atom stereocenters. The van der Waals surface area contributed by atoms with E-state index in [-0.39, 0.29) is 18.0 Å². The molecule has 1 fully saturated rings. The number of ether oxygens (including phenoxy) is 1. The second kappa shape index (κ2) is 4.92. The van der Waals surface area contributed by atoms with Gasteiger partial charge in [-0.2, -0.15) is 0 Å². The first-order valence-corrected chi connectivity index (χ1v) is 5.44.